The van der Waals surface area contributed by atoms with Crippen LogP contribution in [0.1, 0.15) is 18.8 Å². The molecule has 0 bridgehead atoms. The highest BCUT2D eigenvalue weighted by Gasteiger charge is 2.08. The number of hydrogen-bond acceptors (Lipinski definition) is 4. The average molecular weight is 224 g/mol. The van der Waals surface area contributed by atoms with Gasteiger partial charge in [-0.2, -0.15) is 5.10 Å². The largest absolute Gasteiger partial charge is 0.360 e. The van der Waals surface area contributed by atoms with E-state index in [0.29, 0.717) is 11.0 Å². The van der Waals surface area contributed by atoms with Crippen molar-refractivity contribution in [1.29, 1.82) is 0 Å². The minimum Gasteiger partial charge on any atom is -0.360 e. The van der Waals surface area contributed by atoms with Crippen molar-refractivity contribution in [1.82, 2.24) is 20.2 Å². The fraction of sp³-hybridized carbons (Fsp3) is 0.222. The Labute approximate surface area is 91.9 Å². The smallest absolute Gasteiger partial charge is 0.146 e. The second-order valence-electron chi connectivity index (χ2n) is 3.08. The Hall–Kier alpha value is -1.62. The monoisotopic (exact) mass is 223 g/mol. The van der Waals surface area contributed by atoms with E-state index >= 15 is 0 Å². The van der Waals surface area contributed by atoms with Gasteiger partial charge in [0.25, 0.3) is 0 Å². The number of aromatic amines is 1. The Morgan fingerprint density at radius 3 is 3.00 bits per heavy atom. The van der Waals surface area contributed by atoms with Crippen LogP contribution in [0.25, 0.3) is 0 Å². The molecule has 0 saturated carbocycles. The Balaban J connectivity index is 2.09. The van der Waals surface area contributed by atoms with Gasteiger partial charge in [-0.05, 0) is 19.1 Å². The van der Waals surface area contributed by atoms with Gasteiger partial charge >= 0.3 is 0 Å². The number of anilines is 1. The molecule has 0 radical (unpaired) electrons. The van der Waals surface area contributed by atoms with Gasteiger partial charge < -0.3 is 5.32 Å². The van der Waals surface area contributed by atoms with E-state index in [-0.39, 0.29) is 6.04 Å². The van der Waals surface area contributed by atoms with Crippen LogP contribution in [0.15, 0.2) is 24.5 Å². The first-order valence-electron chi connectivity index (χ1n) is 4.50. The molecule has 2 aromatic rings. The van der Waals surface area contributed by atoms with Crippen molar-refractivity contribution in [2.45, 2.75) is 13.0 Å². The molecule has 0 spiro atoms. The molecule has 2 rings (SSSR count). The van der Waals surface area contributed by atoms with Crippen LogP contribution in [0.4, 0.5) is 5.82 Å². The maximum Gasteiger partial charge on any atom is 0.146 e. The zero-order chi connectivity index (χ0) is 10.7. The molecule has 5 nitrogen and oxygen atoms in total. The number of nitrogens with zero attached hydrogens (tertiary/aromatic N) is 3. The minimum absolute atomic E-state index is 0.0125. The van der Waals surface area contributed by atoms with Crippen LogP contribution in [0.5, 0.6) is 0 Å². The molecular formula is C9H10ClN5. The highest BCUT2D eigenvalue weighted by Crippen LogP contribution is 2.15. The summed E-state index contributed by atoms with van der Waals surface area (Å²) < 4.78 is 0. The molecular weight excluding hydrogens is 214 g/mol. The van der Waals surface area contributed by atoms with Crippen LogP contribution >= 0.6 is 11.6 Å². The number of halogens is 1. The molecule has 0 fully saturated rings. The summed E-state index contributed by atoms with van der Waals surface area (Å²) >= 11 is 5.77. The molecule has 78 valence electrons. The Bertz CT molecular complexity index is 428. The van der Waals surface area contributed by atoms with Gasteiger partial charge in [-0.15, -0.1) is 0 Å². The molecule has 1 unspecified atom stereocenters. The van der Waals surface area contributed by atoms with E-state index in [1.54, 1.807) is 6.07 Å². The summed E-state index contributed by atoms with van der Waals surface area (Å²) in [6.45, 7) is 1.96. The highest BCUT2D eigenvalue weighted by atomic mass is 35.5. The lowest BCUT2D eigenvalue weighted by Gasteiger charge is -2.11. The van der Waals surface area contributed by atoms with Gasteiger partial charge in [0.1, 0.15) is 23.1 Å². The van der Waals surface area contributed by atoms with E-state index in [0.717, 1.165) is 5.82 Å². The Morgan fingerprint density at radius 1 is 1.47 bits per heavy atom. The van der Waals surface area contributed by atoms with E-state index in [2.05, 4.69) is 25.5 Å². The number of H-pyrrole nitrogens is 1. The third-order valence-corrected chi connectivity index (χ3v) is 2.13. The van der Waals surface area contributed by atoms with Gasteiger partial charge in [-0.25, -0.2) is 9.97 Å². The fourth-order valence-corrected chi connectivity index (χ4v) is 1.37. The molecule has 2 aromatic heterocycles. The van der Waals surface area contributed by atoms with Crippen molar-refractivity contribution in [2.24, 2.45) is 0 Å². The summed E-state index contributed by atoms with van der Waals surface area (Å²) in [5.41, 5.74) is 0. The Morgan fingerprint density at radius 2 is 2.33 bits per heavy atom. The molecule has 0 aliphatic carbocycles. The molecule has 1 atom stereocenters. The number of aromatic nitrogens is 4. The highest BCUT2D eigenvalue weighted by molar-refractivity contribution is 6.29. The summed E-state index contributed by atoms with van der Waals surface area (Å²) in [6, 6.07) is 5.42. The number of hydrogen-bond donors (Lipinski definition) is 2. The second-order valence-corrected chi connectivity index (χ2v) is 3.47. The third-order valence-electron chi connectivity index (χ3n) is 1.92. The third kappa shape index (κ3) is 2.44. The lowest BCUT2D eigenvalue weighted by Crippen LogP contribution is -2.09. The van der Waals surface area contributed by atoms with E-state index in [4.69, 9.17) is 11.6 Å². The topological polar surface area (TPSA) is 66.5 Å². The second kappa shape index (κ2) is 4.27. The number of pyridine rings is 1. The van der Waals surface area contributed by atoms with Crippen molar-refractivity contribution in [3.63, 3.8) is 0 Å². The standard InChI is InChI=1S/C9H10ClN5/c1-6(9-11-5-12-15-9)13-8-4-2-3-7(10)14-8/h2-6H,1H3,(H,13,14)(H,11,12,15). The molecule has 0 aliphatic rings. The summed E-state index contributed by atoms with van der Waals surface area (Å²) in [6.07, 6.45) is 1.47. The fourth-order valence-electron chi connectivity index (χ4n) is 1.20. The minimum atomic E-state index is 0.0125. The molecule has 0 amide bonds. The molecule has 2 N–H and O–H groups in total. The number of nitrogens with one attached hydrogen (secondary N) is 2. The van der Waals surface area contributed by atoms with E-state index in [1.807, 2.05) is 19.1 Å². The van der Waals surface area contributed by atoms with Gasteiger partial charge in [-0.3, -0.25) is 5.10 Å². The van der Waals surface area contributed by atoms with Crippen LogP contribution < -0.4 is 5.32 Å². The van der Waals surface area contributed by atoms with Crippen molar-refractivity contribution in [3.8, 4) is 0 Å². The maximum absolute atomic E-state index is 5.77. The van der Waals surface area contributed by atoms with Crippen molar-refractivity contribution < 1.29 is 0 Å². The maximum atomic E-state index is 5.77. The van der Waals surface area contributed by atoms with Gasteiger partial charge in [0.05, 0.1) is 6.04 Å². The summed E-state index contributed by atoms with van der Waals surface area (Å²) in [5, 5.41) is 10.2. The molecule has 2 heterocycles. The average Bonchev–Trinajstić information content (AvgIpc) is 2.70. The van der Waals surface area contributed by atoms with Gasteiger partial charge in [0.15, 0.2) is 0 Å². The SMILES string of the molecule is CC(Nc1cccc(Cl)n1)c1ncn[nH]1. The summed E-state index contributed by atoms with van der Waals surface area (Å²) in [7, 11) is 0. The van der Waals surface area contributed by atoms with Crippen molar-refractivity contribution in [3.05, 3.63) is 35.5 Å². The predicted octanol–water partition coefficient (Wildman–Crippen LogP) is 2.03. The van der Waals surface area contributed by atoms with E-state index in [9.17, 15) is 0 Å². The van der Waals surface area contributed by atoms with Gasteiger partial charge in [0, 0.05) is 0 Å². The van der Waals surface area contributed by atoms with E-state index in [1.165, 1.54) is 6.33 Å². The van der Waals surface area contributed by atoms with Crippen LogP contribution in [-0.4, -0.2) is 20.2 Å². The van der Waals surface area contributed by atoms with Crippen molar-refractivity contribution >= 4 is 17.4 Å². The first-order chi connectivity index (χ1) is 7.25. The van der Waals surface area contributed by atoms with Crippen LogP contribution in [0.2, 0.25) is 5.15 Å². The first-order valence-corrected chi connectivity index (χ1v) is 4.88. The normalized spacial score (nSPS) is 12.4. The zero-order valence-electron chi connectivity index (χ0n) is 8.11. The lowest BCUT2D eigenvalue weighted by molar-refractivity contribution is 0.790. The zero-order valence-corrected chi connectivity index (χ0v) is 8.86. The van der Waals surface area contributed by atoms with Crippen LogP contribution in [-0.2, 0) is 0 Å². The van der Waals surface area contributed by atoms with Gasteiger partial charge in [-0.1, -0.05) is 17.7 Å². The predicted molar refractivity (Wildman–Crippen MR) is 57.7 cm³/mol. The van der Waals surface area contributed by atoms with Crippen LogP contribution in [0, 0.1) is 0 Å². The first kappa shape index (κ1) is 9.92. The molecule has 15 heavy (non-hydrogen) atoms. The quantitative estimate of drug-likeness (QED) is 0.782. The van der Waals surface area contributed by atoms with E-state index < -0.39 is 0 Å². The summed E-state index contributed by atoms with van der Waals surface area (Å²) in [5.74, 6) is 1.48. The molecule has 0 aromatic carbocycles. The van der Waals surface area contributed by atoms with Crippen LogP contribution in [0.3, 0.4) is 0 Å². The van der Waals surface area contributed by atoms with Crippen molar-refractivity contribution in [2.75, 3.05) is 5.32 Å². The Kier molecular flexibility index (Phi) is 2.82. The summed E-state index contributed by atoms with van der Waals surface area (Å²) in [4.78, 5) is 8.16. The molecule has 6 heteroatoms. The number of rotatable bonds is 3. The molecule has 0 aliphatic heterocycles. The molecule has 0 saturated heterocycles. The van der Waals surface area contributed by atoms with Gasteiger partial charge in [0.2, 0.25) is 0 Å². The lowest BCUT2D eigenvalue weighted by atomic mass is 10.3.